The van der Waals surface area contributed by atoms with Gasteiger partial charge in [-0.1, -0.05) is 53.5 Å². The largest absolute Gasteiger partial charge is 0.320 e. The Morgan fingerprint density at radius 2 is 1.78 bits per heavy atom. The van der Waals surface area contributed by atoms with Crippen LogP contribution >= 0.6 is 23.2 Å². The van der Waals surface area contributed by atoms with E-state index in [-0.39, 0.29) is 23.6 Å². The molecule has 0 saturated heterocycles. The molecule has 0 aliphatic heterocycles. The van der Waals surface area contributed by atoms with Crippen LogP contribution in [0.3, 0.4) is 0 Å². The summed E-state index contributed by atoms with van der Waals surface area (Å²) in [5.74, 6) is -0.253. The second kappa shape index (κ2) is 8.03. The maximum absolute atomic E-state index is 12.8. The van der Waals surface area contributed by atoms with Crippen molar-refractivity contribution in [3.05, 3.63) is 80.2 Å². The molecule has 5 nitrogen and oxygen atoms in total. The van der Waals surface area contributed by atoms with Gasteiger partial charge in [0.15, 0.2) is 0 Å². The molecular weight excluding hydrogens is 385 g/mol. The molecule has 140 valence electrons. The van der Waals surface area contributed by atoms with Gasteiger partial charge in [0.05, 0.1) is 21.4 Å². The maximum atomic E-state index is 12.8. The Bertz CT molecular complexity index is 1040. The lowest BCUT2D eigenvalue weighted by Crippen LogP contribution is -2.23. The summed E-state index contributed by atoms with van der Waals surface area (Å²) in [5, 5.41) is 3.66. The molecule has 7 heteroatoms. The van der Waals surface area contributed by atoms with E-state index in [2.05, 4.69) is 5.32 Å². The zero-order valence-corrected chi connectivity index (χ0v) is 16.5. The molecule has 1 heterocycles. The first kappa shape index (κ1) is 19.3. The molecule has 0 spiro atoms. The molecule has 3 aromatic rings. The summed E-state index contributed by atoms with van der Waals surface area (Å²) in [6.45, 7) is 1.80. The predicted molar refractivity (Wildman–Crippen MR) is 109 cm³/mol. The van der Waals surface area contributed by atoms with Crippen molar-refractivity contribution >= 4 is 34.8 Å². The van der Waals surface area contributed by atoms with Gasteiger partial charge in [-0.15, -0.1) is 0 Å². The van der Waals surface area contributed by atoms with Gasteiger partial charge in [0, 0.05) is 13.5 Å². The van der Waals surface area contributed by atoms with Crippen molar-refractivity contribution < 1.29 is 4.79 Å². The number of para-hydroxylation sites is 1. The van der Waals surface area contributed by atoms with E-state index < -0.39 is 0 Å². The predicted octanol–water partition coefficient (Wildman–Crippen LogP) is 4.36. The standard InChI is InChI=1S/C20H19Cl2N3O2/c1-13-19(20(27)25(24(13)2)15-8-4-3-5-9-15)23-17(26)12-11-14-7-6-10-16(21)18(14)22/h3-10H,11-12H2,1-2H3,(H,23,26). The first-order valence-corrected chi connectivity index (χ1v) is 9.22. The quantitative estimate of drug-likeness (QED) is 0.687. The van der Waals surface area contributed by atoms with Gasteiger partial charge in [0.1, 0.15) is 5.69 Å². The van der Waals surface area contributed by atoms with Crippen LogP contribution in [0.5, 0.6) is 0 Å². The lowest BCUT2D eigenvalue weighted by atomic mass is 10.1. The Labute approximate surface area is 167 Å². The Hall–Kier alpha value is -2.50. The molecule has 1 aromatic heterocycles. The Morgan fingerprint density at radius 3 is 2.48 bits per heavy atom. The third-order valence-corrected chi connectivity index (χ3v) is 5.33. The first-order chi connectivity index (χ1) is 12.9. The number of nitrogens with one attached hydrogen (secondary N) is 1. The summed E-state index contributed by atoms with van der Waals surface area (Å²) in [4.78, 5) is 25.2. The van der Waals surface area contributed by atoms with E-state index >= 15 is 0 Å². The van der Waals surface area contributed by atoms with Crippen molar-refractivity contribution in [3.8, 4) is 5.69 Å². The zero-order valence-electron chi connectivity index (χ0n) is 15.0. The SMILES string of the molecule is Cc1c(NC(=O)CCc2cccc(Cl)c2Cl)c(=O)n(-c2ccccc2)n1C. The number of hydrogen-bond donors (Lipinski definition) is 1. The summed E-state index contributed by atoms with van der Waals surface area (Å²) in [7, 11) is 1.78. The van der Waals surface area contributed by atoms with Crippen molar-refractivity contribution in [1.29, 1.82) is 0 Å². The average molecular weight is 404 g/mol. The lowest BCUT2D eigenvalue weighted by molar-refractivity contribution is -0.116. The number of aromatic nitrogens is 2. The summed E-state index contributed by atoms with van der Waals surface area (Å²) in [6.07, 6.45) is 0.628. The average Bonchev–Trinajstić information content (AvgIpc) is 2.87. The van der Waals surface area contributed by atoms with Crippen LogP contribution in [0.4, 0.5) is 5.69 Å². The number of rotatable bonds is 5. The highest BCUT2D eigenvalue weighted by Crippen LogP contribution is 2.26. The van der Waals surface area contributed by atoms with Gasteiger partial charge in [0.25, 0.3) is 5.56 Å². The number of carbonyl (C=O) groups is 1. The molecule has 0 bridgehead atoms. The van der Waals surface area contributed by atoms with Crippen LogP contribution in [-0.4, -0.2) is 15.3 Å². The Morgan fingerprint density at radius 1 is 1.07 bits per heavy atom. The van der Waals surface area contributed by atoms with Crippen molar-refractivity contribution in [2.45, 2.75) is 19.8 Å². The molecule has 0 atom stereocenters. The molecule has 3 rings (SSSR count). The second-order valence-electron chi connectivity index (χ2n) is 6.20. The summed E-state index contributed by atoms with van der Waals surface area (Å²) in [5.41, 5.74) is 2.22. The van der Waals surface area contributed by atoms with E-state index in [1.54, 1.807) is 30.8 Å². The Balaban J connectivity index is 1.79. The number of nitrogens with zero attached hydrogens (tertiary/aromatic N) is 2. The van der Waals surface area contributed by atoms with Crippen molar-refractivity contribution in [3.63, 3.8) is 0 Å². The summed E-state index contributed by atoms with van der Waals surface area (Å²) < 4.78 is 3.25. The van der Waals surface area contributed by atoms with Crippen LogP contribution in [0.2, 0.25) is 10.0 Å². The zero-order chi connectivity index (χ0) is 19.6. The minimum absolute atomic E-state index is 0.194. The number of anilines is 1. The van der Waals surface area contributed by atoms with Crippen LogP contribution in [0.15, 0.2) is 53.3 Å². The molecule has 1 N–H and O–H groups in total. The smallest absolute Gasteiger partial charge is 0.295 e. The van der Waals surface area contributed by atoms with Crippen LogP contribution < -0.4 is 10.9 Å². The summed E-state index contributed by atoms with van der Waals surface area (Å²) >= 11 is 12.2. The maximum Gasteiger partial charge on any atom is 0.295 e. The molecule has 0 aliphatic carbocycles. The fourth-order valence-corrected chi connectivity index (χ4v) is 3.32. The molecular formula is C20H19Cl2N3O2. The van der Waals surface area contributed by atoms with Gasteiger partial charge in [-0.3, -0.25) is 14.3 Å². The number of benzene rings is 2. The van der Waals surface area contributed by atoms with Gasteiger partial charge in [-0.2, -0.15) is 0 Å². The molecule has 0 aliphatic rings. The normalized spacial score (nSPS) is 10.8. The van der Waals surface area contributed by atoms with Gasteiger partial charge in [-0.25, -0.2) is 4.68 Å². The molecule has 0 radical (unpaired) electrons. The minimum Gasteiger partial charge on any atom is -0.320 e. The van der Waals surface area contributed by atoms with E-state index in [1.807, 2.05) is 36.4 Å². The van der Waals surface area contributed by atoms with Crippen LogP contribution in [0.1, 0.15) is 17.7 Å². The third kappa shape index (κ3) is 3.94. The second-order valence-corrected chi connectivity index (χ2v) is 6.98. The highest BCUT2D eigenvalue weighted by Gasteiger charge is 2.18. The highest BCUT2D eigenvalue weighted by molar-refractivity contribution is 6.42. The van der Waals surface area contributed by atoms with Crippen molar-refractivity contribution in [2.24, 2.45) is 7.05 Å². The first-order valence-electron chi connectivity index (χ1n) is 8.47. The van der Waals surface area contributed by atoms with E-state index in [0.29, 0.717) is 22.2 Å². The fourth-order valence-electron chi connectivity index (χ4n) is 2.90. The van der Waals surface area contributed by atoms with Gasteiger partial charge in [-0.05, 0) is 37.1 Å². The fraction of sp³-hybridized carbons (Fsp3) is 0.200. The van der Waals surface area contributed by atoms with Crippen LogP contribution in [-0.2, 0) is 18.3 Å². The number of amides is 1. The minimum atomic E-state index is -0.268. The molecule has 0 unspecified atom stereocenters. The van der Waals surface area contributed by atoms with Gasteiger partial charge in [0.2, 0.25) is 5.91 Å². The topological polar surface area (TPSA) is 56.0 Å². The van der Waals surface area contributed by atoms with E-state index in [0.717, 1.165) is 11.3 Å². The number of aryl methyl sites for hydroxylation is 1. The molecule has 0 fully saturated rings. The number of carbonyl (C=O) groups excluding carboxylic acids is 1. The van der Waals surface area contributed by atoms with Crippen LogP contribution in [0.25, 0.3) is 5.69 Å². The highest BCUT2D eigenvalue weighted by atomic mass is 35.5. The molecule has 2 aromatic carbocycles. The number of hydrogen-bond acceptors (Lipinski definition) is 2. The Kier molecular flexibility index (Phi) is 5.73. The van der Waals surface area contributed by atoms with Gasteiger partial charge < -0.3 is 5.32 Å². The van der Waals surface area contributed by atoms with E-state index in [4.69, 9.17) is 23.2 Å². The van der Waals surface area contributed by atoms with Crippen molar-refractivity contribution in [2.75, 3.05) is 5.32 Å². The van der Waals surface area contributed by atoms with Crippen molar-refractivity contribution in [1.82, 2.24) is 9.36 Å². The molecule has 27 heavy (non-hydrogen) atoms. The lowest BCUT2D eigenvalue weighted by Gasteiger charge is -2.07. The van der Waals surface area contributed by atoms with Crippen LogP contribution in [0, 0.1) is 6.92 Å². The van der Waals surface area contributed by atoms with Gasteiger partial charge >= 0.3 is 0 Å². The summed E-state index contributed by atoms with van der Waals surface area (Å²) in [6, 6.07) is 14.6. The van der Waals surface area contributed by atoms with E-state index in [9.17, 15) is 9.59 Å². The number of halogens is 2. The molecule has 0 saturated carbocycles. The molecule has 1 amide bonds. The van der Waals surface area contributed by atoms with E-state index in [1.165, 1.54) is 4.68 Å². The monoisotopic (exact) mass is 403 g/mol. The third-order valence-electron chi connectivity index (χ3n) is 4.47.